The van der Waals surface area contributed by atoms with Crippen LogP contribution in [-0.4, -0.2) is 50.4 Å². The summed E-state index contributed by atoms with van der Waals surface area (Å²) in [4.78, 5) is 29.9. The number of hydrogen-bond donors (Lipinski definition) is 2. The van der Waals surface area contributed by atoms with E-state index in [0.717, 1.165) is 11.1 Å². The van der Waals surface area contributed by atoms with Crippen LogP contribution in [0, 0.1) is 0 Å². The Bertz CT molecular complexity index is 1000. The second kappa shape index (κ2) is 9.56. The lowest BCUT2D eigenvalue weighted by molar-refractivity contribution is -0.122. The molecule has 0 saturated heterocycles. The van der Waals surface area contributed by atoms with Crippen molar-refractivity contribution in [2.24, 2.45) is 0 Å². The molecule has 0 bridgehead atoms. The van der Waals surface area contributed by atoms with Gasteiger partial charge in [-0.15, -0.1) is 0 Å². The van der Waals surface area contributed by atoms with Gasteiger partial charge in [0.15, 0.2) is 0 Å². The smallest absolute Gasteiger partial charge is 0.259 e. The number of nitrogens with zero attached hydrogens (tertiary/aromatic N) is 2. The van der Waals surface area contributed by atoms with Crippen LogP contribution in [0.25, 0.3) is 11.1 Å². The van der Waals surface area contributed by atoms with Gasteiger partial charge in [-0.25, -0.2) is 0 Å². The lowest BCUT2D eigenvalue weighted by Gasteiger charge is -2.33. The summed E-state index contributed by atoms with van der Waals surface area (Å²) < 4.78 is 0. The normalized spacial score (nSPS) is 11.9. The highest BCUT2D eigenvalue weighted by molar-refractivity contribution is 7.08. The summed E-state index contributed by atoms with van der Waals surface area (Å²) in [6.45, 7) is 0.348. The van der Waals surface area contributed by atoms with Gasteiger partial charge in [-0.05, 0) is 66.3 Å². The molecule has 2 amide bonds. The molecule has 1 aromatic heterocycles. The lowest BCUT2D eigenvalue weighted by Crippen LogP contribution is -2.54. The Morgan fingerprint density at radius 1 is 1.07 bits per heavy atom. The van der Waals surface area contributed by atoms with Crippen molar-refractivity contribution in [3.8, 4) is 11.1 Å². The van der Waals surface area contributed by atoms with E-state index in [0.29, 0.717) is 23.5 Å². The van der Waals surface area contributed by atoms with Gasteiger partial charge < -0.3 is 16.0 Å². The summed E-state index contributed by atoms with van der Waals surface area (Å²) in [5.74, 6) is -0.534. The minimum absolute atomic E-state index is 0.256. The molecule has 3 N–H and O–H groups in total. The van der Waals surface area contributed by atoms with Gasteiger partial charge in [-0.2, -0.15) is 11.3 Å². The molecule has 1 atom stereocenters. The van der Waals surface area contributed by atoms with Gasteiger partial charge >= 0.3 is 0 Å². The number of anilines is 2. The average molecular weight is 423 g/mol. The van der Waals surface area contributed by atoms with Crippen molar-refractivity contribution in [3.63, 3.8) is 0 Å². The highest BCUT2D eigenvalue weighted by atomic mass is 32.1. The van der Waals surface area contributed by atoms with E-state index in [1.807, 2.05) is 54.0 Å². The Morgan fingerprint density at radius 3 is 2.40 bits per heavy atom. The van der Waals surface area contributed by atoms with Crippen LogP contribution in [0.1, 0.15) is 10.4 Å². The van der Waals surface area contributed by atoms with Crippen molar-refractivity contribution >= 4 is 34.5 Å². The van der Waals surface area contributed by atoms with E-state index in [2.05, 4.69) is 5.32 Å². The molecule has 7 heteroatoms. The van der Waals surface area contributed by atoms with E-state index < -0.39 is 6.04 Å². The quantitative estimate of drug-likeness (QED) is 0.573. The number of nitrogens with one attached hydrogen (secondary N) is 1. The SMILES string of the molecule is CNC(=O)C(CN(C)C)N(C(=O)c1ccccc1)c1cc(-c2ccsc2)ccc1N. The Balaban J connectivity index is 2.17. The number of nitrogens with two attached hydrogens (primary N) is 1. The lowest BCUT2D eigenvalue weighted by atomic mass is 10.0. The minimum atomic E-state index is -0.752. The molecule has 156 valence electrons. The van der Waals surface area contributed by atoms with Gasteiger partial charge in [0.25, 0.3) is 5.91 Å². The fourth-order valence-electron chi connectivity index (χ4n) is 3.29. The maximum atomic E-state index is 13.6. The van der Waals surface area contributed by atoms with E-state index in [1.165, 1.54) is 4.90 Å². The molecule has 0 aliphatic heterocycles. The maximum absolute atomic E-state index is 13.6. The topological polar surface area (TPSA) is 78.7 Å². The number of nitrogen functional groups attached to an aromatic ring is 1. The van der Waals surface area contributed by atoms with Crippen LogP contribution in [0.3, 0.4) is 0 Å². The van der Waals surface area contributed by atoms with Crippen LogP contribution in [0.5, 0.6) is 0 Å². The van der Waals surface area contributed by atoms with Gasteiger partial charge in [-0.3, -0.25) is 14.5 Å². The zero-order chi connectivity index (χ0) is 21.7. The number of carbonyl (C=O) groups excluding carboxylic acids is 2. The molecule has 0 spiro atoms. The van der Waals surface area contributed by atoms with Gasteiger partial charge in [0.1, 0.15) is 6.04 Å². The Hall–Kier alpha value is -3.16. The number of carbonyl (C=O) groups is 2. The van der Waals surface area contributed by atoms with E-state index in [1.54, 1.807) is 48.7 Å². The van der Waals surface area contributed by atoms with E-state index in [9.17, 15) is 9.59 Å². The van der Waals surface area contributed by atoms with Crippen LogP contribution in [0.15, 0.2) is 65.4 Å². The number of hydrogen-bond acceptors (Lipinski definition) is 5. The number of thiophene rings is 1. The van der Waals surface area contributed by atoms with Crippen molar-refractivity contribution in [1.29, 1.82) is 0 Å². The molecule has 1 unspecified atom stereocenters. The number of rotatable bonds is 7. The summed E-state index contributed by atoms with van der Waals surface area (Å²) in [6.07, 6.45) is 0. The fraction of sp³-hybridized carbons (Fsp3) is 0.217. The predicted octanol–water partition coefficient (Wildman–Crippen LogP) is 3.32. The zero-order valence-electron chi connectivity index (χ0n) is 17.3. The van der Waals surface area contributed by atoms with Crippen molar-refractivity contribution in [2.75, 3.05) is 38.3 Å². The van der Waals surface area contributed by atoms with Crippen LogP contribution in [0.2, 0.25) is 0 Å². The Labute approximate surface area is 180 Å². The first-order valence-electron chi connectivity index (χ1n) is 9.59. The molecular formula is C23H26N4O2S. The third-order valence-corrected chi connectivity index (χ3v) is 5.47. The molecule has 1 heterocycles. The summed E-state index contributed by atoms with van der Waals surface area (Å²) in [5.41, 5.74) is 9.75. The fourth-order valence-corrected chi connectivity index (χ4v) is 3.96. The van der Waals surface area contributed by atoms with Crippen LogP contribution in [0.4, 0.5) is 11.4 Å². The maximum Gasteiger partial charge on any atom is 0.259 e. The highest BCUT2D eigenvalue weighted by Gasteiger charge is 2.33. The number of likely N-dealkylation sites (N-methyl/N-ethyl adjacent to an activating group) is 2. The van der Waals surface area contributed by atoms with Crippen molar-refractivity contribution in [1.82, 2.24) is 10.2 Å². The molecule has 0 radical (unpaired) electrons. The van der Waals surface area contributed by atoms with Gasteiger partial charge in [0.05, 0.1) is 11.4 Å². The first-order chi connectivity index (χ1) is 14.4. The largest absolute Gasteiger partial charge is 0.397 e. The monoisotopic (exact) mass is 422 g/mol. The second-order valence-electron chi connectivity index (χ2n) is 7.22. The molecule has 0 fully saturated rings. The first-order valence-corrected chi connectivity index (χ1v) is 10.5. The van der Waals surface area contributed by atoms with Crippen molar-refractivity contribution in [2.45, 2.75) is 6.04 Å². The summed E-state index contributed by atoms with van der Waals surface area (Å²) in [5, 5.41) is 6.72. The Kier molecular flexibility index (Phi) is 6.87. The molecule has 2 aromatic carbocycles. The van der Waals surface area contributed by atoms with E-state index >= 15 is 0 Å². The van der Waals surface area contributed by atoms with Crippen LogP contribution >= 0.6 is 11.3 Å². The molecule has 6 nitrogen and oxygen atoms in total. The van der Waals surface area contributed by atoms with E-state index in [4.69, 9.17) is 5.73 Å². The molecule has 3 aromatic rings. The van der Waals surface area contributed by atoms with Gasteiger partial charge in [0, 0.05) is 19.2 Å². The Morgan fingerprint density at radius 2 is 1.80 bits per heavy atom. The van der Waals surface area contributed by atoms with Crippen molar-refractivity contribution < 1.29 is 9.59 Å². The predicted molar refractivity (Wildman–Crippen MR) is 124 cm³/mol. The molecule has 0 aliphatic carbocycles. The van der Waals surface area contributed by atoms with Gasteiger partial charge in [0.2, 0.25) is 5.91 Å². The minimum Gasteiger partial charge on any atom is -0.397 e. The summed E-state index contributed by atoms with van der Waals surface area (Å²) >= 11 is 1.60. The molecular weight excluding hydrogens is 396 g/mol. The highest BCUT2D eigenvalue weighted by Crippen LogP contribution is 2.33. The standard InChI is InChI=1S/C23H26N4O2S/c1-25-22(28)21(14-26(2)3)27(23(29)16-7-5-4-6-8-16)20-13-17(9-10-19(20)24)18-11-12-30-15-18/h4-13,15,21H,14,24H2,1-3H3,(H,25,28). The first kappa shape index (κ1) is 21.5. The molecule has 0 aliphatic rings. The molecule has 3 rings (SSSR count). The van der Waals surface area contributed by atoms with Gasteiger partial charge in [-0.1, -0.05) is 24.3 Å². The van der Waals surface area contributed by atoms with E-state index in [-0.39, 0.29) is 11.8 Å². The molecule has 30 heavy (non-hydrogen) atoms. The van der Waals surface area contributed by atoms with Crippen LogP contribution < -0.4 is 16.0 Å². The summed E-state index contributed by atoms with van der Waals surface area (Å²) in [6, 6.07) is 15.8. The number of amides is 2. The number of benzene rings is 2. The van der Waals surface area contributed by atoms with Crippen LogP contribution in [-0.2, 0) is 4.79 Å². The second-order valence-corrected chi connectivity index (χ2v) is 8.00. The third-order valence-electron chi connectivity index (χ3n) is 4.78. The van der Waals surface area contributed by atoms with Crippen molar-refractivity contribution in [3.05, 3.63) is 70.9 Å². The third kappa shape index (κ3) is 4.69. The zero-order valence-corrected chi connectivity index (χ0v) is 18.1. The molecule has 0 saturated carbocycles. The average Bonchev–Trinajstić information content (AvgIpc) is 3.29. The summed E-state index contributed by atoms with van der Waals surface area (Å²) in [7, 11) is 5.31.